The Morgan fingerprint density at radius 3 is 2.56 bits per heavy atom. The lowest BCUT2D eigenvalue weighted by molar-refractivity contribution is 0.312. The molecule has 0 radical (unpaired) electrons. The van der Waals surface area contributed by atoms with Gasteiger partial charge in [-0.15, -0.1) is 0 Å². The minimum Gasteiger partial charge on any atom is -0.378 e. The molecule has 2 nitrogen and oxygen atoms in total. The van der Waals surface area contributed by atoms with Gasteiger partial charge in [-0.25, -0.2) is 13.2 Å². The number of hydrogen-bond donors (Lipinski definition) is 2. The van der Waals surface area contributed by atoms with E-state index in [1.54, 1.807) is 0 Å². The highest BCUT2D eigenvalue weighted by Gasteiger charge is 2.38. The number of halogens is 3. The quantitative estimate of drug-likeness (QED) is 0.802. The van der Waals surface area contributed by atoms with Crippen LogP contribution in [-0.4, -0.2) is 19.3 Å². The third-order valence-electron chi connectivity index (χ3n) is 3.52. The van der Waals surface area contributed by atoms with Crippen LogP contribution in [0.2, 0.25) is 0 Å². The van der Waals surface area contributed by atoms with Crippen molar-refractivity contribution in [1.29, 1.82) is 0 Å². The van der Waals surface area contributed by atoms with Crippen LogP contribution in [0.3, 0.4) is 0 Å². The number of rotatable bonds is 1. The summed E-state index contributed by atoms with van der Waals surface area (Å²) in [5.41, 5.74) is 1.17. The maximum absolute atomic E-state index is 14.3. The molecule has 2 aliphatic heterocycles. The van der Waals surface area contributed by atoms with Crippen molar-refractivity contribution in [3.05, 3.63) is 46.7 Å². The van der Waals surface area contributed by atoms with Gasteiger partial charge in [0.1, 0.15) is 17.8 Å². The van der Waals surface area contributed by atoms with Gasteiger partial charge in [0.05, 0.1) is 6.04 Å². The zero-order valence-electron chi connectivity index (χ0n) is 9.64. The molecule has 2 N–H and O–H groups in total. The first-order chi connectivity index (χ1) is 8.68. The molecule has 0 fully saturated rings. The highest BCUT2D eigenvalue weighted by atomic mass is 19.1. The van der Waals surface area contributed by atoms with Crippen molar-refractivity contribution in [3.63, 3.8) is 0 Å². The summed E-state index contributed by atoms with van der Waals surface area (Å²) in [7, 11) is 0. The van der Waals surface area contributed by atoms with Gasteiger partial charge in [0.15, 0.2) is 0 Å². The van der Waals surface area contributed by atoms with Gasteiger partial charge >= 0.3 is 0 Å². The Hall–Kier alpha value is -1.49. The standard InChI is InChI=1S/C13H13F3N2/c14-8-2-1-3-9(15)11(8)13-12(16)7-6-17-5-4-10(7)18-13/h1-3,12-13,17-18H,4-6H2. The largest absolute Gasteiger partial charge is 0.378 e. The summed E-state index contributed by atoms with van der Waals surface area (Å²) >= 11 is 0. The fourth-order valence-corrected chi connectivity index (χ4v) is 2.62. The number of benzene rings is 1. The molecule has 0 saturated carbocycles. The fourth-order valence-electron chi connectivity index (χ4n) is 2.62. The third kappa shape index (κ3) is 1.70. The molecule has 3 rings (SSSR count). The minimum atomic E-state index is -1.38. The normalized spacial score (nSPS) is 27.1. The van der Waals surface area contributed by atoms with E-state index in [4.69, 9.17) is 0 Å². The molecule has 5 heteroatoms. The predicted molar refractivity (Wildman–Crippen MR) is 61.6 cm³/mol. The summed E-state index contributed by atoms with van der Waals surface area (Å²) in [5, 5.41) is 5.99. The first-order valence-corrected chi connectivity index (χ1v) is 5.95. The number of hydrogen-bond acceptors (Lipinski definition) is 2. The summed E-state index contributed by atoms with van der Waals surface area (Å²) in [6.07, 6.45) is -0.707. The van der Waals surface area contributed by atoms with E-state index in [-0.39, 0.29) is 5.56 Å². The molecule has 0 saturated heterocycles. The van der Waals surface area contributed by atoms with Crippen molar-refractivity contribution < 1.29 is 13.2 Å². The van der Waals surface area contributed by atoms with Crippen molar-refractivity contribution in [2.75, 3.05) is 13.1 Å². The monoisotopic (exact) mass is 254 g/mol. The third-order valence-corrected chi connectivity index (χ3v) is 3.52. The van der Waals surface area contributed by atoms with E-state index in [9.17, 15) is 13.2 Å². The lowest BCUT2D eigenvalue weighted by Crippen LogP contribution is -2.27. The first kappa shape index (κ1) is 11.6. The van der Waals surface area contributed by atoms with Crippen molar-refractivity contribution in [3.8, 4) is 0 Å². The second kappa shape index (κ2) is 4.31. The Bertz CT molecular complexity index is 493. The van der Waals surface area contributed by atoms with E-state index in [1.807, 2.05) is 0 Å². The molecule has 0 amide bonds. The summed E-state index contributed by atoms with van der Waals surface area (Å²) in [5.74, 6) is -1.41. The van der Waals surface area contributed by atoms with Gasteiger partial charge in [-0.05, 0) is 24.1 Å². The average molecular weight is 254 g/mol. The van der Waals surface area contributed by atoms with Crippen LogP contribution in [0, 0.1) is 11.6 Å². The zero-order valence-corrected chi connectivity index (χ0v) is 9.64. The molecule has 2 unspecified atom stereocenters. The molecular formula is C13H13F3N2. The Morgan fingerprint density at radius 2 is 1.89 bits per heavy atom. The van der Waals surface area contributed by atoms with Crippen LogP contribution < -0.4 is 10.6 Å². The van der Waals surface area contributed by atoms with Crippen LogP contribution in [0.15, 0.2) is 29.5 Å². The van der Waals surface area contributed by atoms with Gasteiger partial charge in [0.2, 0.25) is 0 Å². The molecule has 96 valence electrons. The Balaban J connectivity index is 1.96. The lowest BCUT2D eigenvalue weighted by Gasteiger charge is -2.17. The van der Waals surface area contributed by atoms with Crippen LogP contribution in [0.1, 0.15) is 18.0 Å². The zero-order chi connectivity index (χ0) is 12.7. The van der Waals surface area contributed by atoms with Crippen molar-refractivity contribution >= 4 is 0 Å². The smallest absolute Gasteiger partial charge is 0.149 e. The number of nitrogens with one attached hydrogen (secondary N) is 2. The predicted octanol–water partition coefficient (Wildman–Crippen LogP) is 2.19. The van der Waals surface area contributed by atoms with Crippen LogP contribution in [0.25, 0.3) is 0 Å². The summed E-state index contributed by atoms with van der Waals surface area (Å²) in [4.78, 5) is 0. The molecule has 2 heterocycles. The van der Waals surface area contributed by atoms with Gasteiger partial charge in [-0.1, -0.05) is 6.07 Å². The van der Waals surface area contributed by atoms with E-state index >= 15 is 0 Å². The highest BCUT2D eigenvalue weighted by molar-refractivity contribution is 5.36. The van der Waals surface area contributed by atoms with Gasteiger partial charge < -0.3 is 10.6 Å². The molecule has 0 aromatic heterocycles. The Kier molecular flexibility index (Phi) is 2.78. The maximum Gasteiger partial charge on any atom is 0.149 e. The Labute approximate surface area is 103 Å². The lowest BCUT2D eigenvalue weighted by atomic mass is 9.98. The average Bonchev–Trinajstić information content (AvgIpc) is 2.68. The molecule has 1 aromatic rings. The maximum atomic E-state index is 14.3. The van der Waals surface area contributed by atoms with Gasteiger partial charge in [0.25, 0.3) is 0 Å². The van der Waals surface area contributed by atoms with E-state index < -0.39 is 23.8 Å². The van der Waals surface area contributed by atoms with Gasteiger partial charge in [-0.2, -0.15) is 0 Å². The molecular weight excluding hydrogens is 241 g/mol. The molecule has 2 atom stereocenters. The molecule has 0 bridgehead atoms. The van der Waals surface area contributed by atoms with Crippen LogP contribution in [0.4, 0.5) is 13.2 Å². The first-order valence-electron chi connectivity index (χ1n) is 5.95. The van der Waals surface area contributed by atoms with Crippen LogP contribution in [0.5, 0.6) is 0 Å². The van der Waals surface area contributed by atoms with Crippen molar-refractivity contribution in [2.24, 2.45) is 0 Å². The fraction of sp³-hybridized carbons (Fsp3) is 0.385. The minimum absolute atomic E-state index is 0.209. The summed E-state index contributed by atoms with van der Waals surface area (Å²) in [6, 6.07) is 2.65. The van der Waals surface area contributed by atoms with Gasteiger partial charge in [-0.3, -0.25) is 0 Å². The van der Waals surface area contributed by atoms with E-state index in [1.165, 1.54) is 6.07 Å². The summed E-state index contributed by atoms with van der Waals surface area (Å²) in [6.45, 7) is 1.20. The van der Waals surface area contributed by atoms with Gasteiger partial charge in [0, 0.05) is 24.4 Å². The van der Waals surface area contributed by atoms with E-state index in [0.717, 1.165) is 24.4 Å². The van der Waals surface area contributed by atoms with E-state index in [2.05, 4.69) is 10.6 Å². The molecule has 2 aliphatic rings. The second-order valence-corrected chi connectivity index (χ2v) is 4.59. The van der Waals surface area contributed by atoms with E-state index in [0.29, 0.717) is 18.5 Å². The molecule has 0 aliphatic carbocycles. The van der Waals surface area contributed by atoms with Crippen LogP contribution in [-0.2, 0) is 0 Å². The molecule has 1 aromatic carbocycles. The number of alkyl halides is 1. The topological polar surface area (TPSA) is 24.1 Å². The van der Waals surface area contributed by atoms with Crippen molar-refractivity contribution in [2.45, 2.75) is 18.6 Å². The van der Waals surface area contributed by atoms with Crippen LogP contribution >= 0.6 is 0 Å². The summed E-state index contributed by atoms with van der Waals surface area (Å²) < 4.78 is 41.6. The SMILES string of the molecule is Fc1cccc(F)c1C1NC2=C(CNCC2)C1F. The molecule has 0 spiro atoms. The second-order valence-electron chi connectivity index (χ2n) is 4.59. The molecule has 18 heavy (non-hydrogen) atoms. The highest BCUT2D eigenvalue weighted by Crippen LogP contribution is 2.37. The van der Waals surface area contributed by atoms with Crippen molar-refractivity contribution in [1.82, 2.24) is 10.6 Å². The Morgan fingerprint density at radius 1 is 1.17 bits per heavy atom.